The Morgan fingerprint density at radius 3 is 2.24 bits per heavy atom. The van der Waals surface area contributed by atoms with Crippen LogP contribution in [-0.2, 0) is 22.6 Å². The third-order valence-electron chi connectivity index (χ3n) is 6.62. The summed E-state index contributed by atoms with van der Waals surface area (Å²) in [5.74, 6) is 0.496. The first-order valence-electron chi connectivity index (χ1n) is 13.7. The van der Waals surface area contributed by atoms with E-state index in [0.717, 1.165) is 52.1 Å². The smallest absolute Gasteiger partial charge is 0.307 e. The highest BCUT2D eigenvalue weighted by molar-refractivity contribution is 5.96. The summed E-state index contributed by atoms with van der Waals surface area (Å²) >= 11 is 0. The van der Waals surface area contributed by atoms with Gasteiger partial charge in [0, 0.05) is 30.1 Å². The van der Waals surface area contributed by atoms with Crippen LogP contribution in [0.4, 0.5) is 0 Å². The van der Waals surface area contributed by atoms with E-state index in [1.54, 1.807) is 7.11 Å². The minimum atomic E-state index is -0.909. The van der Waals surface area contributed by atoms with E-state index in [-0.39, 0.29) is 12.8 Å². The summed E-state index contributed by atoms with van der Waals surface area (Å²) in [6.45, 7) is 1.67. The van der Waals surface area contributed by atoms with Gasteiger partial charge in [-0.25, -0.2) is 0 Å². The molecular formula is C33H35NO7. The van der Waals surface area contributed by atoms with Crippen LogP contribution in [0.2, 0.25) is 0 Å². The monoisotopic (exact) mass is 557 g/mol. The normalized spacial score (nSPS) is 11.1. The first-order valence-corrected chi connectivity index (χ1v) is 13.7. The van der Waals surface area contributed by atoms with Crippen LogP contribution in [0.1, 0.15) is 42.4 Å². The largest absolute Gasteiger partial charge is 0.494 e. The van der Waals surface area contributed by atoms with Gasteiger partial charge in [0.1, 0.15) is 5.75 Å². The summed E-state index contributed by atoms with van der Waals surface area (Å²) in [7, 11) is 1.63. The zero-order valence-electron chi connectivity index (χ0n) is 23.1. The summed E-state index contributed by atoms with van der Waals surface area (Å²) in [6, 6.07) is 21.2. The Labute approximate surface area is 239 Å². The summed E-state index contributed by atoms with van der Waals surface area (Å²) in [6.07, 6.45) is 7.93. The van der Waals surface area contributed by atoms with Gasteiger partial charge in [-0.1, -0.05) is 48.6 Å². The van der Waals surface area contributed by atoms with Gasteiger partial charge in [0.15, 0.2) is 11.5 Å². The fourth-order valence-electron chi connectivity index (χ4n) is 4.67. The number of hydrogen-bond donors (Lipinski definition) is 2. The van der Waals surface area contributed by atoms with Crippen molar-refractivity contribution in [2.24, 2.45) is 0 Å². The molecule has 4 rings (SSSR count). The molecule has 0 aliphatic carbocycles. The van der Waals surface area contributed by atoms with E-state index < -0.39 is 11.9 Å². The van der Waals surface area contributed by atoms with Gasteiger partial charge in [-0.15, -0.1) is 0 Å². The summed E-state index contributed by atoms with van der Waals surface area (Å²) < 4.78 is 18.9. The Kier molecular flexibility index (Phi) is 10.4. The second kappa shape index (κ2) is 14.6. The number of carboxylic acid groups (broad SMARTS) is 2. The fourth-order valence-corrected chi connectivity index (χ4v) is 4.67. The second-order valence-electron chi connectivity index (χ2n) is 9.61. The number of hydrogen-bond acceptors (Lipinski definition) is 5. The Balaban J connectivity index is 1.34. The highest BCUT2D eigenvalue weighted by Crippen LogP contribution is 2.29. The van der Waals surface area contributed by atoms with Crippen LogP contribution in [0.25, 0.3) is 23.1 Å². The Morgan fingerprint density at radius 1 is 0.805 bits per heavy atom. The Bertz CT molecular complexity index is 1490. The van der Waals surface area contributed by atoms with Crippen molar-refractivity contribution in [3.63, 3.8) is 0 Å². The molecule has 0 saturated carbocycles. The van der Waals surface area contributed by atoms with Gasteiger partial charge < -0.3 is 29.0 Å². The van der Waals surface area contributed by atoms with Gasteiger partial charge >= 0.3 is 11.9 Å². The highest BCUT2D eigenvalue weighted by atomic mass is 16.5. The number of rotatable bonds is 16. The minimum Gasteiger partial charge on any atom is -0.494 e. The molecule has 0 aliphatic rings. The molecule has 1 aromatic heterocycles. The van der Waals surface area contributed by atoms with Crippen molar-refractivity contribution >= 4 is 35.0 Å². The van der Waals surface area contributed by atoms with E-state index in [9.17, 15) is 14.7 Å². The standard InChI is InChI=1S/C33H35NO7/c1-39-29-10-2-3-11-30(29)41-21-5-4-20-40-27-17-14-24(15-18-27)13-16-25-8-6-9-28-33(25)26(22-32(37)38)23-34(28)19-7-12-31(35)36/h2-3,6,8-11,13-18,23H,4-5,7,12,19-22H2,1H3,(H,35,36)(H,37,38). The van der Waals surface area contributed by atoms with Gasteiger partial charge in [-0.05, 0) is 66.3 Å². The number of benzene rings is 3. The molecule has 0 unspecified atom stereocenters. The van der Waals surface area contributed by atoms with E-state index in [0.29, 0.717) is 31.7 Å². The van der Waals surface area contributed by atoms with Gasteiger partial charge in [0.25, 0.3) is 0 Å². The minimum absolute atomic E-state index is 0.0611. The molecule has 4 aromatic rings. The molecule has 8 heteroatoms. The Morgan fingerprint density at radius 2 is 1.54 bits per heavy atom. The maximum atomic E-state index is 11.5. The molecule has 2 N–H and O–H groups in total. The lowest BCUT2D eigenvalue weighted by atomic mass is 10.0. The van der Waals surface area contributed by atoms with Crippen LogP contribution in [-0.4, -0.2) is 47.0 Å². The number of carbonyl (C=O) groups is 2. The predicted octanol–water partition coefficient (Wildman–Crippen LogP) is 6.55. The molecule has 1 heterocycles. The van der Waals surface area contributed by atoms with E-state index in [4.69, 9.17) is 19.3 Å². The van der Waals surface area contributed by atoms with Crippen molar-refractivity contribution in [1.29, 1.82) is 0 Å². The molecule has 0 radical (unpaired) electrons. The highest BCUT2D eigenvalue weighted by Gasteiger charge is 2.14. The summed E-state index contributed by atoms with van der Waals surface area (Å²) in [5.41, 5.74) is 3.50. The van der Waals surface area contributed by atoms with Gasteiger partial charge in [-0.3, -0.25) is 9.59 Å². The number of ether oxygens (including phenoxy) is 3. The number of aliphatic carboxylic acids is 2. The lowest BCUT2D eigenvalue weighted by Crippen LogP contribution is -2.03. The summed E-state index contributed by atoms with van der Waals surface area (Å²) in [5, 5.41) is 19.3. The number of aryl methyl sites for hydroxylation is 1. The molecule has 0 bridgehead atoms. The maximum Gasteiger partial charge on any atom is 0.307 e. The Hall–Kier alpha value is -4.72. The van der Waals surface area contributed by atoms with Crippen molar-refractivity contribution in [2.45, 2.75) is 38.6 Å². The molecule has 8 nitrogen and oxygen atoms in total. The molecule has 3 aromatic carbocycles. The van der Waals surface area contributed by atoms with E-state index in [1.165, 1.54) is 0 Å². The lowest BCUT2D eigenvalue weighted by molar-refractivity contribution is -0.137. The van der Waals surface area contributed by atoms with Gasteiger partial charge in [0.2, 0.25) is 0 Å². The number of unbranched alkanes of at least 4 members (excludes halogenated alkanes) is 1. The number of fused-ring (bicyclic) bond motifs is 1. The van der Waals surface area contributed by atoms with E-state index >= 15 is 0 Å². The number of carboxylic acids is 2. The number of aromatic nitrogens is 1. The van der Waals surface area contributed by atoms with Crippen molar-refractivity contribution in [3.05, 3.63) is 89.6 Å². The SMILES string of the molecule is COc1ccccc1OCCCCOc1ccc(C=Cc2cccc3c2c(CC(=O)O)cn3CCCC(=O)O)cc1. The zero-order chi connectivity index (χ0) is 29.0. The lowest BCUT2D eigenvalue weighted by Gasteiger charge is -2.10. The topological polar surface area (TPSA) is 107 Å². The first-order chi connectivity index (χ1) is 19.9. The van der Waals surface area contributed by atoms with E-state index in [1.807, 2.05) is 89.6 Å². The molecular weight excluding hydrogens is 522 g/mol. The average Bonchev–Trinajstić information content (AvgIpc) is 3.31. The predicted molar refractivity (Wildman–Crippen MR) is 159 cm³/mol. The fraction of sp³-hybridized carbons (Fsp3) is 0.273. The molecule has 41 heavy (non-hydrogen) atoms. The van der Waals surface area contributed by atoms with E-state index in [2.05, 4.69) is 0 Å². The first kappa shape index (κ1) is 29.3. The second-order valence-corrected chi connectivity index (χ2v) is 9.61. The van der Waals surface area contributed by atoms with Crippen LogP contribution < -0.4 is 14.2 Å². The number of para-hydroxylation sites is 2. The van der Waals surface area contributed by atoms with Crippen LogP contribution in [0, 0.1) is 0 Å². The summed E-state index contributed by atoms with van der Waals surface area (Å²) in [4.78, 5) is 22.5. The van der Waals surface area contributed by atoms with Crippen LogP contribution in [0.3, 0.4) is 0 Å². The molecule has 0 amide bonds. The quantitative estimate of drug-likeness (QED) is 0.119. The van der Waals surface area contributed by atoms with Gasteiger partial charge in [-0.2, -0.15) is 0 Å². The third-order valence-corrected chi connectivity index (χ3v) is 6.62. The van der Waals surface area contributed by atoms with Crippen molar-refractivity contribution in [1.82, 2.24) is 4.57 Å². The zero-order valence-corrected chi connectivity index (χ0v) is 23.1. The van der Waals surface area contributed by atoms with Gasteiger partial charge in [0.05, 0.1) is 26.7 Å². The number of nitrogens with zero attached hydrogens (tertiary/aromatic N) is 1. The molecule has 0 aliphatic heterocycles. The molecule has 0 spiro atoms. The van der Waals surface area contributed by atoms with Crippen molar-refractivity contribution in [2.75, 3.05) is 20.3 Å². The van der Waals surface area contributed by atoms with Crippen molar-refractivity contribution in [3.8, 4) is 17.2 Å². The third kappa shape index (κ3) is 8.38. The average molecular weight is 558 g/mol. The maximum absolute atomic E-state index is 11.5. The van der Waals surface area contributed by atoms with Crippen molar-refractivity contribution < 1.29 is 34.0 Å². The van der Waals surface area contributed by atoms with Crippen LogP contribution in [0.15, 0.2) is 72.9 Å². The number of methoxy groups -OCH3 is 1. The molecule has 0 fully saturated rings. The molecule has 0 saturated heterocycles. The van der Waals surface area contributed by atoms with Crippen LogP contribution in [0.5, 0.6) is 17.2 Å². The van der Waals surface area contributed by atoms with Crippen LogP contribution >= 0.6 is 0 Å². The molecule has 0 atom stereocenters. The molecule has 214 valence electrons.